The van der Waals surface area contributed by atoms with E-state index in [0.717, 1.165) is 5.56 Å². The van der Waals surface area contributed by atoms with Gasteiger partial charge in [-0.15, -0.1) is 0 Å². The Hall–Kier alpha value is -0.670. The van der Waals surface area contributed by atoms with Gasteiger partial charge in [0.1, 0.15) is 0 Å². The summed E-state index contributed by atoms with van der Waals surface area (Å²) in [5.41, 5.74) is 1.71. The van der Waals surface area contributed by atoms with Gasteiger partial charge in [-0.1, -0.05) is 45.0 Å². The average Bonchev–Trinajstić information content (AvgIpc) is 2.35. The van der Waals surface area contributed by atoms with Crippen molar-refractivity contribution in [2.75, 3.05) is 0 Å². The zero-order valence-electron chi connectivity index (χ0n) is 14.7. The van der Waals surface area contributed by atoms with E-state index in [1.807, 2.05) is 12.1 Å². The molecule has 0 saturated heterocycles. The Morgan fingerprint density at radius 2 is 1.36 bits per heavy atom. The van der Waals surface area contributed by atoms with Gasteiger partial charge >= 0.3 is 7.60 Å². The van der Waals surface area contributed by atoms with E-state index in [2.05, 4.69) is 20.8 Å². The van der Waals surface area contributed by atoms with E-state index < -0.39 is 13.4 Å². The number of rotatable bonds is 6. The first kappa shape index (κ1) is 19.4. The van der Waals surface area contributed by atoms with Crippen molar-refractivity contribution in [1.82, 2.24) is 0 Å². The molecule has 0 aliphatic heterocycles. The smallest absolute Gasteiger partial charge is 0.363 e. The van der Waals surface area contributed by atoms with Gasteiger partial charge in [-0.05, 0) is 44.2 Å². The molecule has 1 aromatic carbocycles. The standard InChI is InChI=1S/C17H29O4P/c1-12(2)20-22(19,21-13(3)4)16(18)14-8-10-15(11-9-14)17(5,6)7/h8-13,16,18H,1-7H3/t16-/m0/s1. The van der Waals surface area contributed by atoms with Crippen LogP contribution in [0, 0.1) is 0 Å². The predicted octanol–water partition coefficient (Wildman–Crippen LogP) is 5.02. The first-order chi connectivity index (χ1) is 9.95. The lowest BCUT2D eigenvalue weighted by molar-refractivity contribution is 0.101. The molecule has 0 bridgehead atoms. The molecule has 4 nitrogen and oxygen atoms in total. The molecule has 1 N–H and O–H groups in total. The summed E-state index contributed by atoms with van der Waals surface area (Å²) >= 11 is 0. The number of aliphatic hydroxyl groups is 1. The largest absolute Gasteiger partial charge is 0.376 e. The lowest BCUT2D eigenvalue weighted by Crippen LogP contribution is -2.14. The maximum Gasteiger partial charge on any atom is 0.363 e. The van der Waals surface area contributed by atoms with Crippen LogP contribution in [0.25, 0.3) is 0 Å². The molecule has 1 aromatic rings. The number of benzene rings is 1. The lowest BCUT2D eigenvalue weighted by Gasteiger charge is -2.27. The van der Waals surface area contributed by atoms with Gasteiger partial charge in [0.15, 0.2) is 5.85 Å². The molecule has 0 aromatic heterocycles. The molecule has 0 aliphatic carbocycles. The van der Waals surface area contributed by atoms with Crippen LogP contribution < -0.4 is 0 Å². The topological polar surface area (TPSA) is 55.8 Å². The van der Waals surface area contributed by atoms with Gasteiger partial charge in [0, 0.05) is 0 Å². The summed E-state index contributed by atoms with van der Waals surface area (Å²) in [6.45, 7) is 13.4. The number of aliphatic hydroxyl groups excluding tert-OH is 1. The average molecular weight is 328 g/mol. The minimum Gasteiger partial charge on any atom is -0.376 e. The Morgan fingerprint density at radius 1 is 0.955 bits per heavy atom. The monoisotopic (exact) mass is 328 g/mol. The highest BCUT2D eigenvalue weighted by Gasteiger charge is 2.38. The Bertz CT molecular complexity index is 500. The van der Waals surface area contributed by atoms with Crippen LogP contribution in [0.2, 0.25) is 0 Å². The summed E-state index contributed by atoms with van der Waals surface area (Å²) in [4.78, 5) is 0. The van der Waals surface area contributed by atoms with Crippen LogP contribution in [-0.4, -0.2) is 17.3 Å². The summed E-state index contributed by atoms with van der Waals surface area (Å²) < 4.78 is 23.8. The number of hydrogen-bond acceptors (Lipinski definition) is 4. The van der Waals surface area contributed by atoms with Crippen LogP contribution in [-0.2, 0) is 19.0 Å². The fourth-order valence-electron chi connectivity index (χ4n) is 2.07. The van der Waals surface area contributed by atoms with Crippen LogP contribution in [0.3, 0.4) is 0 Å². The molecule has 0 radical (unpaired) electrons. The SMILES string of the molecule is CC(C)OP(=O)(OC(C)C)[C@H](O)c1ccc(C(C)(C)C)cc1. The summed E-state index contributed by atoms with van der Waals surface area (Å²) in [6, 6.07) is 7.44. The van der Waals surface area contributed by atoms with Crippen molar-refractivity contribution in [3.63, 3.8) is 0 Å². The molecule has 5 heteroatoms. The first-order valence-corrected chi connectivity index (χ1v) is 9.32. The summed E-state index contributed by atoms with van der Waals surface area (Å²) in [5.74, 6) is -1.29. The molecule has 0 aliphatic rings. The minimum atomic E-state index is -3.64. The Kier molecular flexibility index (Phi) is 6.40. The summed E-state index contributed by atoms with van der Waals surface area (Å²) in [7, 11) is -3.64. The molecular formula is C17H29O4P. The van der Waals surface area contributed by atoms with Crippen LogP contribution in [0.4, 0.5) is 0 Å². The van der Waals surface area contributed by atoms with E-state index in [9.17, 15) is 9.67 Å². The third-order valence-corrected chi connectivity index (χ3v) is 5.42. The molecule has 0 saturated carbocycles. The lowest BCUT2D eigenvalue weighted by atomic mass is 9.87. The first-order valence-electron chi connectivity index (χ1n) is 7.70. The van der Waals surface area contributed by atoms with Crippen LogP contribution in [0.1, 0.15) is 65.4 Å². The highest BCUT2D eigenvalue weighted by atomic mass is 31.2. The predicted molar refractivity (Wildman–Crippen MR) is 90.2 cm³/mol. The molecule has 126 valence electrons. The van der Waals surface area contributed by atoms with E-state index in [4.69, 9.17) is 9.05 Å². The molecule has 22 heavy (non-hydrogen) atoms. The summed E-state index contributed by atoms with van der Waals surface area (Å²) in [6.07, 6.45) is -0.596. The zero-order chi connectivity index (χ0) is 17.1. The van der Waals surface area contributed by atoms with Gasteiger partial charge < -0.3 is 14.2 Å². The van der Waals surface area contributed by atoms with Crippen molar-refractivity contribution >= 4 is 7.60 Å². The molecular weight excluding hydrogens is 299 g/mol. The van der Waals surface area contributed by atoms with Gasteiger partial charge in [0.25, 0.3) is 0 Å². The molecule has 0 fully saturated rings. The molecule has 1 rings (SSSR count). The van der Waals surface area contributed by atoms with Gasteiger partial charge in [-0.2, -0.15) is 0 Å². The number of hydrogen-bond donors (Lipinski definition) is 1. The third-order valence-electron chi connectivity index (χ3n) is 3.09. The van der Waals surface area contributed by atoms with Crippen molar-refractivity contribution in [3.8, 4) is 0 Å². The maximum absolute atomic E-state index is 12.9. The highest BCUT2D eigenvalue weighted by Crippen LogP contribution is 2.61. The molecule has 0 amide bonds. The summed E-state index contributed by atoms with van der Waals surface area (Å²) in [5, 5.41) is 10.5. The van der Waals surface area contributed by atoms with Crippen LogP contribution in [0.15, 0.2) is 24.3 Å². The Balaban J connectivity index is 3.08. The van der Waals surface area contributed by atoms with Gasteiger partial charge in [-0.3, -0.25) is 4.57 Å². The zero-order valence-corrected chi connectivity index (χ0v) is 15.6. The quantitative estimate of drug-likeness (QED) is 0.745. The van der Waals surface area contributed by atoms with E-state index in [-0.39, 0.29) is 17.6 Å². The maximum atomic E-state index is 12.9. The molecule has 0 unspecified atom stereocenters. The van der Waals surface area contributed by atoms with Crippen molar-refractivity contribution in [3.05, 3.63) is 35.4 Å². The second-order valence-electron chi connectivity index (χ2n) is 7.09. The Morgan fingerprint density at radius 3 is 1.68 bits per heavy atom. The molecule has 1 atom stereocenters. The Labute approximate surface area is 134 Å². The van der Waals surface area contributed by atoms with Crippen molar-refractivity contribution in [2.45, 2.75) is 71.9 Å². The molecule has 0 heterocycles. The normalized spacial score (nSPS) is 14.6. The van der Waals surface area contributed by atoms with E-state index >= 15 is 0 Å². The molecule has 0 spiro atoms. The van der Waals surface area contributed by atoms with Gasteiger partial charge in [0.2, 0.25) is 0 Å². The highest BCUT2D eigenvalue weighted by molar-refractivity contribution is 7.54. The fourth-order valence-corrected chi connectivity index (χ4v) is 4.06. The minimum absolute atomic E-state index is 0.0239. The van der Waals surface area contributed by atoms with Crippen molar-refractivity contribution in [2.24, 2.45) is 0 Å². The third kappa shape index (κ3) is 5.20. The second kappa shape index (κ2) is 7.27. The van der Waals surface area contributed by atoms with Crippen LogP contribution in [0.5, 0.6) is 0 Å². The van der Waals surface area contributed by atoms with E-state index in [0.29, 0.717) is 5.56 Å². The van der Waals surface area contributed by atoms with Gasteiger partial charge in [-0.25, -0.2) is 0 Å². The van der Waals surface area contributed by atoms with E-state index in [1.54, 1.807) is 39.8 Å². The second-order valence-corrected chi connectivity index (χ2v) is 9.08. The van der Waals surface area contributed by atoms with Crippen molar-refractivity contribution < 1.29 is 18.7 Å². The van der Waals surface area contributed by atoms with Crippen LogP contribution >= 0.6 is 7.60 Å². The van der Waals surface area contributed by atoms with Gasteiger partial charge in [0.05, 0.1) is 12.2 Å². The van der Waals surface area contributed by atoms with Crippen molar-refractivity contribution in [1.29, 1.82) is 0 Å². The van der Waals surface area contributed by atoms with E-state index in [1.165, 1.54) is 0 Å². The fraction of sp³-hybridized carbons (Fsp3) is 0.647.